The summed E-state index contributed by atoms with van der Waals surface area (Å²) in [7, 11) is 0. The van der Waals surface area contributed by atoms with Crippen LogP contribution >= 0.6 is 11.8 Å². The van der Waals surface area contributed by atoms with Crippen molar-refractivity contribution in [1.29, 1.82) is 0 Å². The van der Waals surface area contributed by atoms with Crippen molar-refractivity contribution < 1.29 is 14.6 Å². The molecule has 0 saturated carbocycles. The van der Waals surface area contributed by atoms with Gasteiger partial charge in [0.1, 0.15) is 11.2 Å². The number of carbonyl (C=O) groups is 1. The normalized spacial score (nSPS) is 19.1. The molecule has 1 heterocycles. The van der Waals surface area contributed by atoms with Gasteiger partial charge in [0.15, 0.2) is 5.78 Å². The van der Waals surface area contributed by atoms with E-state index in [0.29, 0.717) is 17.7 Å². The highest BCUT2D eigenvalue weighted by molar-refractivity contribution is 8.00. The van der Waals surface area contributed by atoms with Crippen LogP contribution in [0.3, 0.4) is 0 Å². The van der Waals surface area contributed by atoms with Crippen LogP contribution in [0.4, 0.5) is 0 Å². The Labute approximate surface area is 143 Å². The third kappa shape index (κ3) is 4.30. The van der Waals surface area contributed by atoms with Gasteiger partial charge in [-0.3, -0.25) is 4.79 Å². The highest BCUT2D eigenvalue weighted by Crippen LogP contribution is 2.40. The van der Waals surface area contributed by atoms with E-state index in [4.69, 9.17) is 4.74 Å². The molecule has 2 rings (SSSR count). The maximum atomic E-state index is 12.7. The molecule has 0 radical (unpaired) electrons. The highest BCUT2D eigenvalue weighted by Gasteiger charge is 2.29. The maximum absolute atomic E-state index is 12.7. The molecule has 128 valence electrons. The molecule has 4 heteroatoms. The quantitative estimate of drug-likeness (QED) is 0.816. The second-order valence-corrected chi connectivity index (χ2v) is 9.49. The molecule has 3 nitrogen and oxygen atoms in total. The second-order valence-electron chi connectivity index (χ2n) is 8.22. The molecule has 1 saturated heterocycles. The number of rotatable bonds is 3. The van der Waals surface area contributed by atoms with E-state index >= 15 is 0 Å². The van der Waals surface area contributed by atoms with E-state index in [-0.39, 0.29) is 22.0 Å². The Hall–Kier alpha value is -1.00. The molecule has 0 bridgehead atoms. The Balaban J connectivity index is 2.44. The average Bonchev–Trinajstić information content (AvgIpc) is 2.88. The number of ketones is 1. The molecule has 1 unspecified atom stereocenters. The molecule has 1 aliphatic heterocycles. The van der Waals surface area contributed by atoms with Crippen LogP contribution in [0.1, 0.15) is 69.4 Å². The van der Waals surface area contributed by atoms with Gasteiger partial charge in [0.05, 0.1) is 6.61 Å². The van der Waals surface area contributed by atoms with Crippen LogP contribution in [0.15, 0.2) is 12.1 Å². The van der Waals surface area contributed by atoms with Crippen LogP contribution < -0.4 is 0 Å². The van der Waals surface area contributed by atoms with Gasteiger partial charge in [0.2, 0.25) is 0 Å². The van der Waals surface area contributed by atoms with Crippen molar-refractivity contribution in [1.82, 2.24) is 0 Å². The predicted molar refractivity (Wildman–Crippen MR) is 96.7 cm³/mol. The predicted octanol–water partition coefficient (Wildman–Crippen LogP) is 4.65. The molecule has 0 aromatic heterocycles. The molecule has 1 aromatic rings. The van der Waals surface area contributed by atoms with Gasteiger partial charge < -0.3 is 9.84 Å². The first-order chi connectivity index (χ1) is 10.5. The summed E-state index contributed by atoms with van der Waals surface area (Å²) in [6, 6.07) is 3.71. The second kappa shape index (κ2) is 6.48. The Morgan fingerprint density at radius 2 is 1.70 bits per heavy atom. The fraction of sp³-hybridized carbons (Fsp3) is 0.632. The monoisotopic (exact) mass is 336 g/mol. The van der Waals surface area contributed by atoms with Crippen molar-refractivity contribution in [2.24, 2.45) is 0 Å². The van der Waals surface area contributed by atoms with Gasteiger partial charge in [-0.15, -0.1) is 11.8 Å². The smallest absolute Gasteiger partial charge is 0.166 e. The van der Waals surface area contributed by atoms with Gasteiger partial charge in [0, 0.05) is 28.9 Å². The van der Waals surface area contributed by atoms with Crippen LogP contribution in [0.5, 0.6) is 5.75 Å². The number of Topliss-reactive ketones (excluding diaryl/α,β-unsaturated/α-hetero) is 1. The average molecular weight is 336 g/mol. The van der Waals surface area contributed by atoms with Crippen LogP contribution in [0, 0.1) is 0 Å². The lowest BCUT2D eigenvalue weighted by Crippen LogP contribution is -2.19. The molecule has 0 amide bonds. The molecular weight excluding hydrogens is 308 g/mol. The van der Waals surface area contributed by atoms with E-state index in [1.54, 1.807) is 11.8 Å². The molecule has 1 fully saturated rings. The number of thioether (sulfide) groups is 1. The summed E-state index contributed by atoms with van der Waals surface area (Å²) < 4.78 is 5.56. The summed E-state index contributed by atoms with van der Waals surface area (Å²) in [5.41, 5.74) is 1.85. The molecule has 23 heavy (non-hydrogen) atoms. The summed E-state index contributed by atoms with van der Waals surface area (Å²) in [4.78, 5) is 12.7. The minimum absolute atomic E-state index is 0.0347. The van der Waals surface area contributed by atoms with Gasteiger partial charge >= 0.3 is 0 Å². The van der Waals surface area contributed by atoms with Gasteiger partial charge in [-0.2, -0.15) is 0 Å². The molecule has 1 aliphatic rings. The van der Waals surface area contributed by atoms with E-state index in [2.05, 4.69) is 41.5 Å². The lowest BCUT2D eigenvalue weighted by Gasteiger charge is -2.28. The van der Waals surface area contributed by atoms with Crippen molar-refractivity contribution in [2.75, 3.05) is 12.4 Å². The minimum atomic E-state index is -0.223. The van der Waals surface area contributed by atoms with Crippen molar-refractivity contribution in [3.63, 3.8) is 0 Å². The minimum Gasteiger partial charge on any atom is -0.507 e. The number of phenols is 1. The van der Waals surface area contributed by atoms with E-state index in [9.17, 15) is 9.90 Å². The highest BCUT2D eigenvalue weighted by atomic mass is 32.2. The molecule has 1 aromatic carbocycles. The third-order valence-electron chi connectivity index (χ3n) is 4.09. The summed E-state index contributed by atoms with van der Waals surface area (Å²) in [6.45, 7) is 13.0. The molecule has 1 atom stereocenters. The first kappa shape index (κ1) is 18.3. The fourth-order valence-corrected chi connectivity index (χ4v) is 3.65. The maximum Gasteiger partial charge on any atom is 0.166 e. The zero-order chi connectivity index (χ0) is 17.4. The number of ether oxygens (including phenoxy) is 1. The lowest BCUT2D eigenvalue weighted by molar-refractivity contribution is 0.0875. The van der Waals surface area contributed by atoms with Crippen LogP contribution in [0.2, 0.25) is 0 Å². The number of hydrogen-bond acceptors (Lipinski definition) is 4. The fourth-order valence-electron chi connectivity index (χ4n) is 2.73. The van der Waals surface area contributed by atoms with E-state index in [1.165, 1.54) is 0 Å². The topological polar surface area (TPSA) is 46.5 Å². The van der Waals surface area contributed by atoms with E-state index < -0.39 is 0 Å². The van der Waals surface area contributed by atoms with Gasteiger partial charge in [0.25, 0.3) is 0 Å². The number of carbonyl (C=O) groups excluding carboxylic acids is 1. The van der Waals surface area contributed by atoms with E-state index in [0.717, 1.165) is 23.5 Å². The molecular formula is C19H28O3S. The van der Waals surface area contributed by atoms with Gasteiger partial charge in [-0.1, -0.05) is 41.5 Å². The molecule has 0 spiro atoms. The first-order valence-electron chi connectivity index (χ1n) is 8.14. The van der Waals surface area contributed by atoms with Crippen molar-refractivity contribution in [3.05, 3.63) is 28.8 Å². The Kier molecular flexibility index (Phi) is 5.17. The number of phenolic OH excluding ortho intramolecular Hbond substituents is 1. The SMILES string of the molecule is CC(C)(C)c1cc(C(=O)CC2OCCS2)cc(C(C)(C)C)c1O. The summed E-state index contributed by atoms with van der Waals surface area (Å²) in [5.74, 6) is 1.35. The summed E-state index contributed by atoms with van der Waals surface area (Å²) >= 11 is 1.70. The largest absolute Gasteiger partial charge is 0.507 e. The third-order valence-corrected chi connectivity index (χ3v) is 5.17. The zero-order valence-electron chi connectivity index (χ0n) is 15.0. The Morgan fingerprint density at radius 1 is 1.17 bits per heavy atom. The number of hydrogen-bond donors (Lipinski definition) is 1. The Morgan fingerprint density at radius 3 is 2.09 bits per heavy atom. The number of aromatic hydroxyl groups is 1. The summed E-state index contributed by atoms with van der Waals surface area (Å²) in [6.07, 6.45) is 0.391. The lowest BCUT2D eigenvalue weighted by atomic mass is 9.78. The van der Waals surface area contributed by atoms with Crippen molar-refractivity contribution in [3.8, 4) is 5.75 Å². The molecule has 1 N–H and O–H groups in total. The standard InChI is InChI=1S/C19H28O3S/c1-18(2,3)13-9-12(10-14(17(13)21)19(4,5)6)15(20)11-16-22-7-8-23-16/h9-10,16,21H,7-8,11H2,1-6H3. The van der Waals surface area contributed by atoms with Crippen LogP contribution in [-0.2, 0) is 15.6 Å². The Bertz CT molecular complexity index is 553. The number of benzene rings is 1. The van der Waals surface area contributed by atoms with E-state index in [1.807, 2.05) is 12.1 Å². The van der Waals surface area contributed by atoms with Crippen LogP contribution in [0.25, 0.3) is 0 Å². The molecule has 0 aliphatic carbocycles. The summed E-state index contributed by atoms with van der Waals surface area (Å²) in [5, 5.41) is 10.7. The van der Waals surface area contributed by atoms with Gasteiger partial charge in [-0.25, -0.2) is 0 Å². The van der Waals surface area contributed by atoms with Crippen molar-refractivity contribution >= 4 is 17.5 Å². The first-order valence-corrected chi connectivity index (χ1v) is 9.19. The van der Waals surface area contributed by atoms with Crippen molar-refractivity contribution in [2.45, 2.75) is 64.2 Å². The zero-order valence-corrected chi connectivity index (χ0v) is 15.8. The van der Waals surface area contributed by atoms with Crippen LogP contribution in [-0.4, -0.2) is 28.7 Å². The van der Waals surface area contributed by atoms with Gasteiger partial charge in [-0.05, 0) is 23.0 Å².